The number of ether oxygens (including phenoxy) is 1. The van der Waals surface area contributed by atoms with Crippen molar-refractivity contribution in [2.75, 3.05) is 0 Å². The van der Waals surface area contributed by atoms with Crippen LogP contribution in [0, 0.1) is 0 Å². The van der Waals surface area contributed by atoms with Crippen LogP contribution in [0.1, 0.15) is 25.1 Å². The Labute approximate surface area is 122 Å². The van der Waals surface area contributed by atoms with Crippen molar-refractivity contribution >= 4 is 23.2 Å². The molecule has 1 aromatic heterocycles. The second-order valence-corrected chi connectivity index (χ2v) is 4.95. The average Bonchev–Trinajstić information content (AvgIpc) is 2.43. The van der Waals surface area contributed by atoms with Crippen molar-refractivity contribution in [1.82, 2.24) is 4.98 Å². The molecule has 0 aliphatic carbocycles. The van der Waals surface area contributed by atoms with Crippen molar-refractivity contribution in [3.05, 3.63) is 52.3 Å². The highest BCUT2D eigenvalue weighted by atomic mass is 35.5. The largest absolute Gasteiger partial charge is 0.454 e. The lowest BCUT2D eigenvalue weighted by Crippen LogP contribution is -2.10. The van der Waals surface area contributed by atoms with Gasteiger partial charge in [0.1, 0.15) is 11.5 Å². The van der Waals surface area contributed by atoms with Crippen LogP contribution in [-0.2, 0) is 0 Å². The van der Waals surface area contributed by atoms with E-state index in [-0.39, 0.29) is 6.04 Å². The number of nitrogens with zero attached hydrogens (tertiary/aromatic N) is 1. The normalized spacial score (nSPS) is 12.2. The number of benzene rings is 1. The van der Waals surface area contributed by atoms with Crippen LogP contribution >= 0.6 is 23.2 Å². The van der Waals surface area contributed by atoms with Gasteiger partial charge in [0.2, 0.25) is 0 Å². The molecule has 0 amide bonds. The van der Waals surface area contributed by atoms with E-state index in [0.717, 1.165) is 12.1 Å². The van der Waals surface area contributed by atoms with Crippen LogP contribution in [0.2, 0.25) is 10.0 Å². The summed E-state index contributed by atoms with van der Waals surface area (Å²) < 4.78 is 5.64. The van der Waals surface area contributed by atoms with Gasteiger partial charge in [0.15, 0.2) is 0 Å². The highest BCUT2D eigenvalue weighted by Gasteiger charge is 2.07. The Morgan fingerprint density at radius 2 is 2.05 bits per heavy atom. The average molecular weight is 297 g/mol. The van der Waals surface area contributed by atoms with Crippen molar-refractivity contribution in [2.45, 2.75) is 19.4 Å². The summed E-state index contributed by atoms with van der Waals surface area (Å²) in [4.78, 5) is 4.27. The van der Waals surface area contributed by atoms with Gasteiger partial charge in [-0.15, -0.1) is 0 Å². The first-order chi connectivity index (χ1) is 9.10. The smallest absolute Gasteiger partial charge is 0.147 e. The summed E-state index contributed by atoms with van der Waals surface area (Å²) >= 11 is 11.9. The van der Waals surface area contributed by atoms with E-state index in [2.05, 4.69) is 4.98 Å². The molecule has 3 nitrogen and oxygen atoms in total. The zero-order valence-electron chi connectivity index (χ0n) is 10.4. The Hall–Kier alpha value is -1.29. The molecule has 0 saturated carbocycles. The molecule has 0 aliphatic rings. The van der Waals surface area contributed by atoms with Crippen LogP contribution in [0.3, 0.4) is 0 Å². The number of halogens is 2. The van der Waals surface area contributed by atoms with Crippen LogP contribution < -0.4 is 10.5 Å². The van der Waals surface area contributed by atoms with E-state index in [4.69, 9.17) is 33.7 Å². The zero-order chi connectivity index (χ0) is 13.8. The van der Waals surface area contributed by atoms with E-state index >= 15 is 0 Å². The van der Waals surface area contributed by atoms with Crippen molar-refractivity contribution < 1.29 is 4.74 Å². The summed E-state index contributed by atoms with van der Waals surface area (Å²) in [5, 5.41) is 1.07. The lowest BCUT2D eigenvalue weighted by atomic mass is 10.1. The summed E-state index contributed by atoms with van der Waals surface area (Å²) in [5.41, 5.74) is 6.74. The van der Waals surface area contributed by atoms with Crippen molar-refractivity contribution in [3.63, 3.8) is 0 Å². The van der Waals surface area contributed by atoms with E-state index in [9.17, 15) is 0 Å². The molecule has 0 aliphatic heterocycles. The van der Waals surface area contributed by atoms with E-state index in [1.165, 1.54) is 0 Å². The number of rotatable bonds is 4. The fraction of sp³-hybridized carbons (Fsp3) is 0.214. The molecular weight excluding hydrogens is 283 g/mol. The predicted octanol–water partition coefficient (Wildman–Crippen LogP) is 4.59. The van der Waals surface area contributed by atoms with Gasteiger partial charge in [0.05, 0.1) is 16.9 Å². The van der Waals surface area contributed by atoms with E-state index in [1.54, 1.807) is 24.4 Å². The fourth-order valence-electron chi connectivity index (χ4n) is 1.56. The van der Waals surface area contributed by atoms with E-state index in [1.807, 2.05) is 19.1 Å². The van der Waals surface area contributed by atoms with Gasteiger partial charge in [0.25, 0.3) is 0 Å². The number of hydrogen-bond acceptors (Lipinski definition) is 3. The first-order valence-corrected chi connectivity index (χ1v) is 6.70. The first-order valence-electron chi connectivity index (χ1n) is 5.94. The zero-order valence-corrected chi connectivity index (χ0v) is 11.9. The maximum absolute atomic E-state index is 6.03. The summed E-state index contributed by atoms with van der Waals surface area (Å²) in [6.45, 7) is 2.02. The predicted molar refractivity (Wildman–Crippen MR) is 78.0 cm³/mol. The minimum atomic E-state index is -0.0520. The molecule has 5 heteroatoms. The Kier molecular flexibility index (Phi) is 4.64. The second kappa shape index (κ2) is 6.24. The Morgan fingerprint density at radius 3 is 2.68 bits per heavy atom. The Bertz CT molecular complexity index is 558. The molecule has 0 spiro atoms. The highest BCUT2D eigenvalue weighted by molar-refractivity contribution is 6.34. The van der Waals surface area contributed by atoms with Crippen LogP contribution in [0.5, 0.6) is 11.5 Å². The maximum atomic E-state index is 6.03. The van der Waals surface area contributed by atoms with Gasteiger partial charge in [-0.1, -0.05) is 30.1 Å². The SMILES string of the molecule is CCC(N)c1ccc(Oc2cc(Cl)ccc2Cl)cn1. The van der Waals surface area contributed by atoms with Crippen molar-refractivity contribution in [3.8, 4) is 11.5 Å². The highest BCUT2D eigenvalue weighted by Crippen LogP contribution is 2.31. The summed E-state index contributed by atoms with van der Waals surface area (Å²) in [6.07, 6.45) is 2.47. The maximum Gasteiger partial charge on any atom is 0.147 e. The molecule has 0 fully saturated rings. The van der Waals surface area contributed by atoms with Crippen LogP contribution in [0.15, 0.2) is 36.5 Å². The molecule has 2 rings (SSSR count). The van der Waals surface area contributed by atoms with Crippen LogP contribution in [0.4, 0.5) is 0 Å². The van der Waals surface area contributed by atoms with Gasteiger partial charge in [-0.25, -0.2) is 0 Å². The Morgan fingerprint density at radius 1 is 1.26 bits per heavy atom. The number of pyridine rings is 1. The van der Waals surface area contributed by atoms with Crippen LogP contribution in [0.25, 0.3) is 0 Å². The molecule has 0 saturated heterocycles. The molecule has 1 unspecified atom stereocenters. The summed E-state index contributed by atoms with van der Waals surface area (Å²) in [6, 6.07) is 8.67. The van der Waals surface area contributed by atoms with Crippen molar-refractivity contribution in [2.24, 2.45) is 5.73 Å². The molecule has 2 N–H and O–H groups in total. The molecule has 1 aromatic carbocycles. The number of aromatic nitrogens is 1. The third kappa shape index (κ3) is 3.60. The van der Waals surface area contributed by atoms with Gasteiger partial charge >= 0.3 is 0 Å². The molecule has 1 atom stereocenters. The topological polar surface area (TPSA) is 48.1 Å². The summed E-state index contributed by atoms with van der Waals surface area (Å²) in [7, 11) is 0. The van der Waals surface area contributed by atoms with Gasteiger partial charge in [0, 0.05) is 17.1 Å². The van der Waals surface area contributed by atoms with Gasteiger partial charge in [-0.2, -0.15) is 0 Å². The molecule has 19 heavy (non-hydrogen) atoms. The minimum absolute atomic E-state index is 0.0520. The first kappa shape index (κ1) is 14.1. The standard InChI is InChI=1S/C14H14Cl2N2O/c1-2-12(17)13-6-4-10(8-18-13)19-14-7-9(15)3-5-11(14)16/h3-8,12H,2,17H2,1H3. The van der Waals surface area contributed by atoms with Gasteiger partial charge < -0.3 is 10.5 Å². The molecule has 1 heterocycles. The minimum Gasteiger partial charge on any atom is -0.454 e. The quantitative estimate of drug-likeness (QED) is 0.897. The lowest BCUT2D eigenvalue weighted by molar-refractivity contribution is 0.479. The summed E-state index contributed by atoms with van der Waals surface area (Å²) in [5.74, 6) is 1.10. The van der Waals surface area contributed by atoms with Crippen molar-refractivity contribution in [1.29, 1.82) is 0 Å². The molecule has 2 aromatic rings. The number of hydrogen-bond donors (Lipinski definition) is 1. The molecule has 0 radical (unpaired) electrons. The fourth-order valence-corrected chi connectivity index (χ4v) is 1.88. The Balaban J connectivity index is 2.17. The molecule has 100 valence electrons. The lowest BCUT2D eigenvalue weighted by Gasteiger charge is -2.10. The van der Waals surface area contributed by atoms with Crippen LogP contribution in [-0.4, -0.2) is 4.98 Å². The van der Waals surface area contributed by atoms with E-state index < -0.39 is 0 Å². The molecule has 0 bridgehead atoms. The third-order valence-corrected chi connectivity index (χ3v) is 3.25. The third-order valence-electron chi connectivity index (χ3n) is 2.70. The number of nitrogens with two attached hydrogens (primary N) is 1. The molecular formula is C14H14Cl2N2O. The second-order valence-electron chi connectivity index (χ2n) is 4.11. The van der Waals surface area contributed by atoms with Gasteiger partial charge in [-0.3, -0.25) is 4.98 Å². The monoisotopic (exact) mass is 296 g/mol. The van der Waals surface area contributed by atoms with Gasteiger partial charge in [-0.05, 0) is 30.7 Å². The van der Waals surface area contributed by atoms with E-state index in [0.29, 0.717) is 21.5 Å².